The lowest BCUT2D eigenvalue weighted by atomic mass is 9.53. The van der Waals surface area contributed by atoms with Crippen LogP contribution < -0.4 is 9.62 Å². The Morgan fingerprint density at radius 1 is 0.933 bits per heavy atom. The second kappa shape index (κ2) is 7.12. The summed E-state index contributed by atoms with van der Waals surface area (Å²) in [6.07, 6.45) is 7.25. The summed E-state index contributed by atoms with van der Waals surface area (Å²) in [5.74, 6) is 2.17. The number of amides is 1. The molecule has 0 aliphatic heterocycles. The zero-order valence-electron chi connectivity index (χ0n) is 17.3. The Hall–Kier alpha value is -2.34. The van der Waals surface area contributed by atoms with Gasteiger partial charge < -0.3 is 5.32 Å². The third-order valence-electron chi connectivity index (χ3n) is 7.29. The van der Waals surface area contributed by atoms with E-state index in [2.05, 4.69) is 5.32 Å². The summed E-state index contributed by atoms with van der Waals surface area (Å²) in [4.78, 5) is 13.4. The zero-order chi connectivity index (χ0) is 20.9. The molecule has 5 nitrogen and oxygen atoms in total. The predicted octanol–water partition coefficient (Wildman–Crippen LogP) is 4.21. The number of hydrogen-bond donors (Lipinski definition) is 1. The number of nitrogens with one attached hydrogen (secondary N) is 1. The maximum Gasteiger partial charge on any atom is 0.264 e. The van der Waals surface area contributed by atoms with Crippen LogP contribution in [0.5, 0.6) is 0 Å². The predicted molar refractivity (Wildman–Crippen MR) is 117 cm³/mol. The number of benzene rings is 2. The van der Waals surface area contributed by atoms with Crippen molar-refractivity contribution in [2.24, 2.45) is 17.8 Å². The van der Waals surface area contributed by atoms with Crippen LogP contribution in [0.25, 0.3) is 0 Å². The molecule has 0 unspecified atom stereocenters. The molecular formula is C24H28N2O3S. The van der Waals surface area contributed by atoms with Gasteiger partial charge in [-0.05, 0) is 86.6 Å². The van der Waals surface area contributed by atoms with Crippen LogP contribution in [0.1, 0.15) is 48.9 Å². The van der Waals surface area contributed by atoms with Gasteiger partial charge in [0.15, 0.2) is 0 Å². The third kappa shape index (κ3) is 3.41. The van der Waals surface area contributed by atoms with Gasteiger partial charge in [-0.15, -0.1) is 0 Å². The lowest BCUT2D eigenvalue weighted by Crippen LogP contribution is -2.59. The van der Waals surface area contributed by atoms with E-state index in [0.717, 1.165) is 37.0 Å². The Labute approximate surface area is 178 Å². The van der Waals surface area contributed by atoms with E-state index in [9.17, 15) is 13.2 Å². The molecule has 30 heavy (non-hydrogen) atoms. The first kappa shape index (κ1) is 19.6. The highest BCUT2D eigenvalue weighted by atomic mass is 32.2. The average molecular weight is 425 g/mol. The summed E-state index contributed by atoms with van der Waals surface area (Å²) < 4.78 is 27.1. The summed E-state index contributed by atoms with van der Waals surface area (Å²) in [6, 6.07) is 15.3. The van der Waals surface area contributed by atoms with Crippen LogP contribution in [-0.4, -0.2) is 26.9 Å². The topological polar surface area (TPSA) is 66.5 Å². The van der Waals surface area contributed by atoms with Crippen LogP contribution in [0.2, 0.25) is 0 Å². The van der Waals surface area contributed by atoms with Gasteiger partial charge in [0.1, 0.15) is 0 Å². The minimum Gasteiger partial charge on any atom is -0.347 e. The first-order valence-electron chi connectivity index (χ1n) is 10.8. The van der Waals surface area contributed by atoms with Crippen molar-refractivity contribution in [1.82, 2.24) is 5.32 Å². The third-order valence-corrected chi connectivity index (χ3v) is 9.09. The normalized spacial score (nSPS) is 29.6. The van der Waals surface area contributed by atoms with E-state index in [-0.39, 0.29) is 16.3 Å². The Kier molecular flexibility index (Phi) is 4.65. The van der Waals surface area contributed by atoms with Gasteiger partial charge in [0.05, 0.1) is 10.6 Å². The van der Waals surface area contributed by atoms with Gasteiger partial charge in [-0.3, -0.25) is 9.10 Å². The molecule has 4 fully saturated rings. The second-order valence-corrected chi connectivity index (χ2v) is 11.5. The standard InChI is InChI=1S/C24H28N2O3S/c1-26(30(28,29)22-8-3-2-4-9-22)21-7-5-6-20(13-21)23(27)25-24-14-17-10-18(15-24)12-19(11-17)16-24/h2-9,13,17-19H,10-12,14-16H2,1H3,(H,25,27). The van der Waals surface area contributed by atoms with E-state index in [4.69, 9.17) is 0 Å². The molecule has 0 aromatic heterocycles. The van der Waals surface area contributed by atoms with Crippen LogP contribution in [0.3, 0.4) is 0 Å². The second-order valence-electron chi connectivity index (χ2n) is 9.49. The fourth-order valence-corrected chi connectivity index (χ4v) is 7.52. The Bertz CT molecular complexity index is 1030. The van der Waals surface area contributed by atoms with Crippen molar-refractivity contribution >= 4 is 21.6 Å². The molecule has 2 aromatic carbocycles. The number of sulfonamides is 1. The molecule has 6 rings (SSSR count). The average Bonchev–Trinajstić information content (AvgIpc) is 2.72. The molecule has 2 aromatic rings. The van der Waals surface area contributed by atoms with Crippen molar-refractivity contribution in [3.05, 3.63) is 60.2 Å². The largest absolute Gasteiger partial charge is 0.347 e. The van der Waals surface area contributed by atoms with Gasteiger partial charge in [-0.2, -0.15) is 0 Å². The van der Waals surface area contributed by atoms with E-state index in [1.165, 1.54) is 30.6 Å². The first-order chi connectivity index (χ1) is 14.3. The number of carbonyl (C=O) groups is 1. The van der Waals surface area contributed by atoms with Gasteiger partial charge in [0.2, 0.25) is 0 Å². The monoisotopic (exact) mass is 424 g/mol. The van der Waals surface area contributed by atoms with E-state index in [1.807, 2.05) is 0 Å². The van der Waals surface area contributed by atoms with E-state index < -0.39 is 10.0 Å². The summed E-state index contributed by atoms with van der Waals surface area (Å²) in [6.45, 7) is 0. The van der Waals surface area contributed by atoms with Gasteiger partial charge in [0, 0.05) is 18.2 Å². The number of anilines is 1. The highest BCUT2D eigenvalue weighted by Gasteiger charge is 2.51. The van der Waals surface area contributed by atoms with Crippen molar-refractivity contribution in [2.45, 2.75) is 49.0 Å². The molecule has 1 amide bonds. The lowest BCUT2D eigenvalue weighted by Gasteiger charge is -2.56. The fourth-order valence-electron chi connectivity index (χ4n) is 6.31. The Morgan fingerprint density at radius 2 is 1.53 bits per heavy atom. The lowest BCUT2D eigenvalue weighted by molar-refractivity contribution is -0.0167. The van der Waals surface area contributed by atoms with Gasteiger partial charge in [-0.1, -0.05) is 24.3 Å². The molecule has 1 N–H and O–H groups in total. The molecule has 0 saturated heterocycles. The molecule has 158 valence electrons. The molecule has 0 spiro atoms. The van der Waals surface area contributed by atoms with Gasteiger partial charge >= 0.3 is 0 Å². The van der Waals surface area contributed by atoms with Crippen molar-refractivity contribution in [3.8, 4) is 0 Å². The van der Waals surface area contributed by atoms with Crippen LogP contribution in [0.4, 0.5) is 5.69 Å². The quantitative estimate of drug-likeness (QED) is 0.782. The smallest absolute Gasteiger partial charge is 0.264 e. The van der Waals surface area contributed by atoms with Crippen LogP contribution in [0, 0.1) is 17.8 Å². The maximum atomic E-state index is 13.1. The highest BCUT2D eigenvalue weighted by molar-refractivity contribution is 7.92. The molecule has 4 aliphatic rings. The molecule has 0 radical (unpaired) electrons. The Balaban J connectivity index is 1.37. The van der Waals surface area contributed by atoms with E-state index in [0.29, 0.717) is 11.3 Å². The van der Waals surface area contributed by atoms with E-state index >= 15 is 0 Å². The van der Waals surface area contributed by atoms with Crippen LogP contribution in [-0.2, 0) is 10.0 Å². The van der Waals surface area contributed by atoms with Crippen LogP contribution >= 0.6 is 0 Å². The zero-order valence-corrected chi connectivity index (χ0v) is 18.1. The number of rotatable bonds is 5. The Morgan fingerprint density at radius 3 is 2.13 bits per heavy atom. The summed E-state index contributed by atoms with van der Waals surface area (Å²) in [7, 11) is -2.15. The number of carbonyl (C=O) groups excluding carboxylic acids is 1. The summed E-state index contributed by atoms with van der Waals surface area (Å²) >= 11 is 0. The number of hydrogen-bond acceptors (Lipinski definition) is 3. The minimum absolute atomic E-state index is 0.0656. The molecular weight excluding hydrogens is 396 g/mol. The summed E-state index contributed by atoms with van der Waals surface area (Å²) in [5.41, 5.74) is 0.930. The minimum atomic E-state index is -3.68. The van der Waals surface area contributed by atoms with Gasteiger partial charge in [-0.25, -0.2) is 8.42 Å². The van der Waals surface area contributed by atoms with Gasteiger partial charge in [0.25, 0.3) is 15.9 Å². The van der Waals surface area contributed by atoms with Crippen molar-refractivity contribution in [1.29, 1.82) is 0 Å². The van der Waals surface area contributed by atoms with Crippen molar-refractivity contribution in [2.75, 3.05) is 11.4 Å². The molecule has 4 saturated carbocycles. The van der Waals surface area contributed by atoms with E-state index in [1.54, 1.807) is 54.6 Å². The first-order valence-corrected chi connectivity index (χ1v) is 12.3. The molecule has 0 heterocycles. The fraction of sp³-hybridized carbons (Fsp3) is 0.458. The molecule has 0 atom stereocenters. The molecule has 4 aliphatic carbocycles. The maximum absolute atomic E-state index is 13.1. The van der Waals surface area contributed by atoms with Crippen LogP contribution in [0.15, 0.2) is 59.5 Å². The molecule has 4 bridgehead atoms. The highest BCUT2D eigenvalue weighted by Crippen LogP contribution is 2.55. The SMILES string of the molecule is CN(c1cccc(C(=O)NC23CC4CC(CC(C4)C2)C3)c1)S(=O)(=O)c1ccccc1. The van der Waals surface area contributed by atoms with Crippen molar-refractivity contribution < 1.29 is 13.2 Å². The summed E-state index contributed by atoms with van der Waals surface area (Å²) in [5, 5.41) is 3.37. The van der Waals surface area contributed by atoms with Crippen molar-refractivity contribution in [3.63, 3.8) is 0 Å². The molecule has 6 heteroatoms. The number of nitrogens with zero attached hydrogens (tertiary/aromatic N) is 1.